The van der Waals surface area contributed by atoms with E-state index in [1.54, 1.807) is 0 Å². The molecule has 14 heteroatoms. The number of hydrogen-bond acceptors (Lipinski definition) is 6. The highest BCUT2D eigenvalue weighted by molar-refractivity contribution is 7.93. The van der Waals surface area contributed by atoms with Gasteiger partial charge < -0.3 is 4.74 Å². The maximum Gasteiger partial charge on any atom is 0.453 e. The molecule has 1 amide bonds. The number of hydrogen-bond donors (Lipinski definition) is 2. The van der Waals surface area contributed by atoms with Gasteiger partial charge in [-0.25, -0.2) is 13.9 Å². The van der Waals surface area contributed by atoms with Crippen LogP contribution in [0.4, 0.5) is 22.0 Å². The molecular weight excluding hydrogens is 523 g/mol. The van der Waals surface area contributed by atoms with Crippen molar-refractivity contribution in [3.05, 3.63) is 48.2 Å². The highest BCUT2D eigenvalue weighted by atomic mass is 35.5. The topological polar surface area (TPSA) is 106 Å². The van der Waals surface area contributed by atoms with Crippen LogP contribution in [-0.4, -0.2) is 54.6 Å². The number of ether oxygens (including phenoxy) is 1. The van der Waals surface area contributed by atoms with Gasteiger partial charge in [0.15, 0.2) is 14.6 Å². The quantitative estimate of drug-likeness (QED) is 0.308. The van der Waals surface area contributed by atoms with Crippen LogP contribution in [0.1, 0.15) is 24.8 Å². The number of aromatic nitrogens is 1. The Kier molecular flexibility index (Phi) is 8.85. The first-order valence-electron chi connectivity index (χ1n) is 10.1. The minimum Gasteiger partial charge on any atom is -0.381 e. The lowest BCUT2D eigenvalue weighted by Gasteiger charge is -2.34. The molecule has 0 bridgehead atoms. The number of hydroxylamine groups is 1. The number of sulfone groups is 1. The maximum atomic E-state index is 13.2. The normalized spacial score (nSPS) is 16.3. The van der Waals surface area contributed by atoms with Crippen molar-refractivity contribution in [1.82, 2.24) is 10.5 Å². The van der Waals surface area contributed by atoms with Gasteiger partial charge in [0.25, 0.3) is 5.91 Å². The van der Waals surface area contributed by atoms with Crippen LogP contribution >= 0.6 is 12.4 Å². The van der Waals surface area contributed by atoms with E-state index < -0.39 is 45.4 Å². The Bertz CT molecular complexity index is 1120. The van der Waals surface area contributed by atoms with Crippen molar-refractivity contribution >= 4 is 28.2 Å². The average molecular weight is 545 g/mol. The van der Waals surface area contributed by atoms with Gasteiger partial charge >= 0.3 is 12.1 Å². The van der Waals surface area contributed by atoms with Crippen molar-refractivity contribution in [3.63, 3.8) is 0 Å². The van der Waals surface area contributed by atoms with Gasteiger partial charge in [-0.3, -0.25) is 15.0 Å². The standard InChI is InChI=1S/C21H21F5N2O5S.ClH/c22-20(23,21(24,25)26)8-7-14-1-3-15(4-2-14)17-6-5-16(13-27-17)34(31,32)19(18(29)28-30)9-11-33-12-10-19;/h1-6,13,30H,7-12H2,(H,28,29);1H. The fourth-order valence-electron chi connectivity index (χ4n) is 3.64. The molecule has 194 valence electrons. The lowest BCUT2D eigenvalue weighted by atomic mass is 9.98. The number of nitrogens with one attached hydrogen (secondary N) is 1. The Balaban J connectivity index is 0.00000432. The molecule has 3 rings (SSSR count). The molecule has 7 nitrogen and oxygen atoms in total. The summed E-state index contributed by atoms with van der Waals surface area (Å²) in [5.41, 5.74) is 2.48. The number of benzene rings is 1. The van der Waals surface area contributed by atoms with Crippen molar-refractivity contribution in [2.75, 3.05) is 13.2 Å². The molecule has 0 unspecified atom stereocenters. The zero-order valence-corrected chi connectivity index (χ0v) is 19.7. The Labute approximate surface area is 204 Å². The summed E-state index contributed by atoms with van der Waals surface area (Å²) in [5.74, 6) is -5.85. The minimum absolute atomic E-state index is 0. The number of amides is 1. The van der Waals surface area contributed by atoms with Gasteiger partial charge in [0, 0.05) is 31.4 Å². The summed E-state index contributed by atoms with van der Waals surface area (Å²) in [4.78, 5) is 16.1. The van der Waals surface area contributed by atoms with Crippen LogP contribution in [0.2, 0.25) is 0 Å². The van der Waals surface area contributed by atoms with Gasteiger partial charge in [0.1, 0.15) is 0 Å². The van der Waals surface area contributed by atoms with E-state index in [0.717, 1.165) is 6.20 Å². The molecule has 0 saturated carbocycles. The van der Waals surface area contributed by atoms with E-state index in [9.17, 15) is 35.2 Å². The van der Waals surface area contributed by atoms with E-state index in [1.807, 2.05) is 0 Å². The summed E-state index contributed by atoms with van der Waals surface area (Å²) in [6.45, 7) is 0.0266. The number of pyridine rings is 1. The van der Waals surface area contributed by atoms with Crippen LogP contribution in [0.25, 0.3) is 11.3 Å². The predicted molar refractivity (Wildman–Crippen MR) is 116 cm³/mol. The van der Waals surface area contributed by atoms with Crippen molar-refractivity contribution in [2.45, 2.75) is 47.4 Å². The van der Waals surface area contributed by atoms with E-state index in [1.165, 1.54) is 41.9 Å². The van der Waals surface area contributed by atoms with Crippen LogP contribution in [0, 0.1) is 0 Å². The Morgan fingerprint density at radius 1 is 1.06 bits per heavy atom. The zero-order chi connectivity index (χ0) is 25.2. The van der Waals surface area contributed by atoms with Crippen LogP contribution in [0.3, 0.4) is 0 Å². The molecule has 1 saturated heterocycles. The number of rotatable bonds is 7. The van der Waals surface area contributed by atoms with Crippen LogP contribution in [0.5, 0.6) is 0 Å². The molecule has 2 heterocycles. The van der Waals surface area contributed by atoms with Gasteiger partial charge in [-0.15, -0.1) is 12.4 Å². The number of carbonyl (C=O) groups excluding carboxylic acids is 1. The number of halogens is 6. The number of nitrogens with zero attached hydrogens (tertiary/aromatic N) is 1. The fraction of sp³-hybridized carbons (Fsp3) is 0.429. The van der Waals surface area contributed by atoms with E-state index >= 15 is 0 Å². The molecule has 2 aromatic rings. The highest BCUT2D eigenvalue weighted by Gasteiger charge is 2.56. The van der Waals surface area contributed by atoms with Gasteiger partial charge in [-0.05, 0) is 37.0 Å². The number of alkyl halides is 5. The SMILES string of the molecule is Cl.O=C(NO)C1(S(=O)(=O)c2ccc(-c3ccc(CCC(F)(F)C(F)(F)F)cc3)nc2)CCOCC1. The summed E-state index contributed by atoms with van der Waals surface area (Å²) in [6.07, 6.45) is -6.73. The van der Waals surface area contributed by atoms with Gasteiger partial charge in [0.2, 0.25) is 0 Å². The average Bonchev–Trinajstić information content (AvgIpc) is 2.82. The molecule has 0 radical (unpaired) electrons. The molecule has 0 atom stereocenters. The molecule has 1 aliphatic heterocycles. The summed E-state index contributed by atoms with van der Waals surface area (Å²) < 4.78 is 92.8. The van der Waals surface area contributed by atoms with Crippen molar-refractivity contribution in [2.24, 2.45) is 0 Å². The lowest BCUT2D eigenvalue weighted by molar-refractivity contribution is -0.284. The first-order valence-corrected chi connectivity index (χ1v) is 11.6. The Morgan fingerprint density at radius 2 is 1.66 bits per heavy atom. The smallest absolute Gasteiger partial charge is 0.381 e. The molecule has 0 spiro atoms. The predicted octanol–water partition coefficient (Wildman–Crippen LogP) is 4.13. The Hall–Kier alpha value is -2.35. The molecule has 1 fully saturated rings. The fourth-order valence-corrected chi connectivity index (χ4v) is 5.53. The largest absolute Gasteiger partial charge is 0.453 e. The summed E-state index contributed by atoms with van der Waals surface area (Å²) in [7, 11) is -4.25. The lowest BCUT2D eigenvalue weighted by Crippen LogP contribution is -2.54. The zero-order valence-electron chi connectivity index (χ0n) is 18.0. The van der Waals surface area contributed by atoms with Crippen LogP contribution in [0.15, 0.2) is 47.5 Å². The van der Waals surface area contributed by atoms with Gasteiger partial charge in [-0.1, -0.05) is 24.3 Å². The first kappa shape index (κ1) is 28.9. The first-order chi connectivity index (χ1) is 15.8. The molecule has 1 aliphatic rings. The van der Waals surface area contributed by atoms with Gasteiger partial charge in [-0.2, -0.15) is 22.0 Å². The summed E-state index contributed by atoms with van der Waals surface area (Å²) >= 11 is 0. The van der Waals surface area contributed by atoms with Crippen LogP contribution in [-0.2, 0) is 25.8 Å². The third-order valence-electron chi connectivity index (χ3n) is 5.77. The maximum absolute atomic E-state index is 13.2. The van der Waals surface area contributed by atoms with E-state index in [-0.39, 0.29) is 48.9 Å². The third-order valence-corrected chi connectivity index (χ3v) is 8.25. The number of aryl methyl sites for hydroxylation is 1. The van der Waals surface area contributed by atoms with Gasteiger partial charge in [0.05, 0.1) is 10.6 Å². The molecule has 35 heavy (non-hydrogen) atoms. The third kappa shape index (κ3) is 5.74. The van der Waals surface area contributed by atoms with Crippen LogP contribution < -0.4 is 5.48 Å². The summed E-state index contributed by atoms with van der Waals surface area (Å²) in [5, 5.41) is 9.08. The second-order valence-corrected chi connectivity index (χ2v) is 10.1. The van der Waals surface area contributed by atoms with E-state index in [2.05, 4.69) is 4.98 Å². The van der Waals surface area contributed by atoms with Crippen molar-refractivity contribution in [1.29, 1.82) is 0 Å². The van der Waals surface area contributed by atoms with E-state index in [0.29, 0.717) is 11.3 Å². The molecule has 0 aliphatic carbocycles. The highest BCUT2D eigenvalue weighted by Crippen LogP contribution is 2.39. The summed E-state index contributed by atoms with van der Waals surface area (Å²) in [6, 6.07) is 8.34. The van der Waals surface area contributed by atoms with Crippen molar-refractivity contribution < 1.29 is 45.1 Å². The molecule has 1 aromatic heterocycles. The minimum atomic E-state index is -5.61. The molecule has 1 aromatic carbocycles. The second kappa shape index (κ2) is 10.7. The molecule has 2 N–H and O–H groups in total. The number of carbonyl (C=O) groups is 1. The Morgan fingerprint density at radius 3 is 2.14 bits per heavy atom. The van der Waals surface area contributed by atoms with Crippen molar-refractivity contribution in [3.8, 4) is 11.3 Å². The monoisotopic (exact) mass is 544 g/mol. The van der Waals surface area contributed by atoms with E-state index in [4.69, 9.17) is 9.94 Å². The second-order valence-electron chi connectivity index (χ2n) is 7.83. The molecular formula is C21H22ClF5N2O5S.